The molecule has 1 amide bonds. The quantitative estimate of drug-likeness (QED) is 0.792. The van der Waals surface area contributed by atoms with Crippen LogP contribution in [0.1, 0.15) is 46.5 Å². The summed E-state index contributed by atoms with van der Waals surface area (Å²) in [4.78, 5) is 14.4. The second-order valence-corrected chi connectivity index (χ2v) is 5.95. The Balaban J connectivity index is 2.03. The molecule has 16 heavy (non-hydrogen) atoms. The van der Waals surface area contributed by atoms with E-state index >= 15 is 0 Å². The van der Waals surface area contributed by atoms with E-state index in [4.69, 9.17) is 0 Å². The molecule has 1 N–H and O–H groups in total. The molecule has 2 rings (SSSR count). The van der Waals surface area contributed by atoms with Gasteiger partial charge in [-0.2, -0.15) is 0 Å². The maximum atomic E-state index is 12.4. The van der Waals surface area contributed by atoms with E-state index in [1.807, 2.05) is 11.9 Å². The van der Waals surface area contributed by atoms with E-state index in [1.165, 1.54) is 12.8 Å². The van der Waals surface area contributed by atoms with Gasteiger partial charge in [0, 0.05) is 24.7 Å². The van der Waals surface area contributed by atoms with Crippen molar-refractivity contribution < 1.29 is 4.79 Å². The zero-order chi connectivity index (χ0) is 11.9. The summed E-state index contributed by atoms with van der Waals surface area (Å²) in [5.41, 5.74) is -0.0150. The molecule has 0 spiro atoms. The summed E-state index contributed by atoms with van der Waals surface area (Å²) >= 11 is 0. The Kier molecular flexibility index (Phi) is 2.99. The fraction of sp³-hybridized carbons (Fsp3) is 0.923. The lowest BCUT2D eigenvalue weighted by atomic mass is 9.86. The van der Waals surface area contributed by atoms with Gasteiger partial charge in [-0.1, -0.05) is 6.92 Å². The third-order valence-electron chi connectivity index (χ3n) is 4.72. The average Bonchev–Trinajstić information content (AvgIpc) is 2.88. The minimum atomic E-state index is -0.0150. The molecule has 2 saturated heterocycles. The van der Waals surface area contributed by atoms with Gasteiger partial charge in [0.15, 0.2) is 0 Å². The van der Waals surface area contributed by atoms with Gasteiger partial charge in [0.1, 0.15) is 0 Å². The van der Waals surface area contributed by atoms with Crippen LogP contribution in [0.3, 0.4) is 0 Å². The highest BCUT2D eigenvalue weighted by molar-refractivity contribution is 5.80. The minimum absolute atomic E-state index is 0.0150. The molecule has 0 aromatic heterocycles. The van der Waals surface area contributed by atoms with Crippen LogP contribution in [-0.2, 0) is 4.79 Å². The number of hydrogen-bond donors (Lipinski definition) is 1. The lowest BCUT2D eigenvalue weighted by Crippen LogP contribution is -2.49. The van der Waals surface area contributed by atoms with Crippen molar-refractivity contribution in [3.05, 3.63) is 0 Å². The summed E-state index contributed by atoms with van der Waals surface area (Å²) in [6, 6.07) is 1.06. The second kappa shape index (κ2) is 4.02. The highest BCUT2D eigenvalue weighted by Crippen LogP contribution is 2.35. The number of rotatable bonds is 3. The largest absolute Gasteiger partial charge is 0.340 e. The van der Waals surface area contributed by atoms with Gasteiger partial charge < -0.3 is 10.2 Å². The van der Waals surface area contributed by atoms with Crippen LogP contribution in [-0.4, -0.2) is 35.5 Å². The standard InChI is InChI=1S/C13H24N2O/c1-5-13(2,3)15(4)12(16)10-8-9-6-7-11(10)14-9/h9-11,14H,5-8H2,1-4H3. The number of nitrogens with one attached hydrogen (secondary N) is 1. The lowest BCUT2D eigenvalue weighted by Gasteiger charge is -2.37. The summed E-state index contributed by atoms with van der Waals surface area (Å²) in [5.74, 6) is 0.570. The topological polar surface area (TPSA) is 32.3 Å². The summed E-state index contributed by atoms with van der Waals surface area (Å²) in [6.07, 6.45) is 4.49. The first-order valence-corrected chi connectivity index (χ1v) is 6.49. The number of carbonyl (C=O) groups excluding carboxylic acids is 1. The maximum absolute atomic E-state index is 12.4. The van der Waals surface area contributed by atoms with Crippen LogP contribution in [0.5, 0.6) is 0 Å². The number of fused-ring (bicyclic) bond motifs is 2. The van der Waals surface area contributed by atoms with Crippen molar-refractivity contribution in [2.75, 3.05) is 7.05 Å². The van der Waals surface area contributed by atoms with Crippen LogP contribution < -0.4 is 5.32 Å². The first kappa shape index (κ1) is 11.9. The lowest BCUT2D eigenvalue weighted by molar-refractivity contribution is -0.139. The van der Waals surface area contributed by atoms with Gasteiger partial charge in [0.25, 0.3) is 0 Å². The van der Waals surface area contributed by atoms with Gasteiger partial charge in [-0.15, -0.1) is 0 Å². The zero-order valence-corrected chi connectivity index (χ0v) is 10.9. The van der Waals surface area contributed by atoms with E-state index in [-0.39, 0.29) is 11.5 Å². The zero-order valence-electron chi connectivity index (χ0n) is 10.9. The van der Waals surface area contributed by atoms with Crippen molar-refractivity contribution in [1.82, 2.24) is 10.2 Å². The molecule has 0 aromatic carbocycles. The number of amides is 1. The highest BCUT2D eigenvalue weighted by atomic mass is 16.2. The molecule has 2 fully saturated rings. The molecular formula is C13H24N2O. The normalized spacial score (nSPS) is 33.1. The van der Waals surface area contributed by atoms with Crippen LogP contribution >= 0.6 is 0 Å². The van der Waals surface area contributed by atoms with Gasteiger partial charge >= 0.3 is 0 Å². The van der Waals surface area contributed by atoms with Crippen LogP contribution in [0.15, 0.2) is 0 Å². The smallest absolute Gasteiger partial charge is 0.227 e. The molecule has 2 aliphatic heterocycles. The molecule has 3 heteroatoms. The van der Waals surface area contributed by atoms with Gasteiger partial charge in [0.05, 0.1) is 5.92 Å². The predicted molar refractivity (Wildman–Crippen MR) is 65.2 cm³/mol. The van der Waals surface area contributed by atoms with E-state index in [9.17, 15) is 4.79 Å². The third-order valence-corrected chi connectivity index (χ3v) is 4.72. The summed E-state index contributed by atoms with van der Waals surface area (Å²) in [6.45, 7) is 6.43. The van der Waals surface area contributed by atoms with Crippen LogP contribution in [0.25, 0.3) is 0 Å². The van der Waals surface area contributed by atoms with E-state index < -0.39 is 0 Å². The van der Waals surface area contributed by atoms with Gasteiger partial charge in [-0.05, 0) is 39.5 Å². The molecule has 0 saturated carbocycles. The van der Waals surface area contributed by atoms with Crippen molar-refractivity contribution in [3.63, 3.8) is 0 Å². The molecule has 0 aliphatic carbocycles. The summed E-state index contributed by atoms with van der Waals surface area (Å²) in [5, 5.41) is 3.54. The SMILES string of the molecule is CCC(C)(C)N(C)C(=O)C1CC2CCC1N2. The first-order valence-electron chi connectivity index (χ1n) is 6.49. The Morgan fingerprint density at radius 2 is 2.12 bits per heavy atom. The second-order valence-electron chi connectivity index (χ2n) is 5.95. The fourth-order valence-corrected chi connectivity index (χ4v) is 2.88. The maximum Gasteiger partial charge on any atom is 0.227 e. The molecular weight excluding hydrogens is 200 g/mol. The molecule has 3 unspecified atom stereocenters. The van der Waals surface area contributed by atoms with E-state index in [2.05, 4.69) is 26.1 Å². The van der Waals surface area contributed by atoms with Crippen molar-refractivity contribution in [1.29, 1.82) is 0 Å². The third kappa shape index (κ3) is 1.86. The highest BCUT2D eigenvalue weighted by Gasteiger charge is 2.45. The Morgan fingerprint density at radius 3 is 2.56 bits per heavy atom. The Labute approximate surface area is 98.6 Å². The molecule has 2 bridgehead atoms. The molecule has 3 atom stereocenters. The van der Waals surface area contributed by atoms with Crippen LogP contribution in [0, 0.1) is 5.92 Å². The van der Waals surface area contributed by atoms with Gasteiger partial charge in [-0.3, -0.25) is 4.79 Å². The number of hydrogen-bond acceptors (Lipinski definition) is 2. The first-order chi connectivity index (χ1) is 7.45. The Bertz CT molecular complexity index is 284. The number of carbonyl (C=O) groups is 1. The molecule has 0 radical (unpaired) electrons. The molecule has 92 valence electrons. The van der Waals surface area contributed by atoms with Crippen LogP contribution in [0.2, 0.25) is 0 Å². The van der Waals surface area contributed by atoms with Crippen molar-refractivity contribution >= 4 is 5.91 Å². The molecule has 0 aromatic rings. The molecule has 2 heterocycles. The van der Waals surface area contributed by atoms with Crippen molar-refractivity contribution in [2.45, 2.75) is 64.1 Å². The van der Waals surface area contributed by atoms with E-state index in [1.54, 1.807) is 0 Å². The van der Waals surface area contributed by atoms with Gasteiger partial charge in [0.2, 0.25) is 5.91 Å². The monoisotopic (exact) mass is 224 g/mol. The fourth-order valence-electron chi connectivity index (χ4n) is 2.88. The predicted octanol–water partition coefficient (Wildman–Crippen LogP) is 1.77. The minimum Gasteiger partial charge on any atom is -0.340 e. The van der Waals surface area contributed by atoms with E-state index in [0.717, 1.165) is 12.8 Å². The van der Waals surface area contributed by atoms with Crippen LogP contribution in [0.4, 0.5) is 0 Å². The van der Waals surface area contributed by atoms with Gasteiger partial charge in [-0.25, -0.2) is 0 Å². The Hall–Kier alpha value is -0.570. The Morgan fingerprint density at radius 1 is 1.44 bits per heavy atom. The van der Waals surface area contributed by atoms with Crippen molar-refractivity contribution in [2.24, 2.45) is 5.92 Å². The van der Waals surface area contributed by atoms with E-state index in [0.29, 0.717) is 18.0 Å². The summed E-state index contributed by atoms with van der Waals surface area (Å²) < 4.78 is 0. The summed E-state index contributed by atoms with van der Waals surface area (Å²) in [7, 11) is 1.96. The molecule has 2 aliphatic rings. The molecule has 3 nitrogen and oxygen atoms in total. The van der Waals surface area contributed by atoms with Crippen molar-refractivity contribution in [3.8, 4) is 0 Å². The average molecular weight is 224 g/mol. The number of nitrogens with zero attached hydrogens (tertiary/aromatic N) is 1.